The number of benzene rings is 2. The van der Waals surface area contributed by atoms with E-state index in [1.54, 1.807) is 0 Å². The summed E-state index contributed by atoms with van der Waals surface area (Å²) in [7, 11) is 0. The molecule has 2 N–H and O–H groups in total. The van der Waals surface area contributed by atoms with Crippen molar-refractivity contribution in [2.45, 2.75) is 51.2 Å². The maximum Gasteiger partial charge on any atom is 0.0563 e. The summed E-state index contributed by atoms with van der Waals surface area (Å²) in [5.74, 6) is 0. The highest BCUT2D eigenvalue weighted by Gasteiger charge is 2.16. The van der Waals surface area contributed by atoms with Crippen molar-refractivity contribution in [2.24, 2.45) is 0 Å². The molecule has 0 amide bonds. The number of hydrogen-bond donors (Lipinski definition) is 2. The molecule has 0 aliphatic heterocycles. The van der Waals surface area contributed by atoms with Crippen molar-refractivity contribution >= 4 is 5.69 Å². The second-order valence-electron chi connectivity index (χ2n) is 5.86. The van der Waals surface area contributed by atoms with E-state index in [4.69, 9.17) is 0 Å². The van der Waals surface area contributed by atoms with Crippen molar-refractivity contribution in [1.82, 2.24) is 0 Å². The van der Waals surface area contributed by atoms with Crippen molar-refractivity contribution in [3.8, 4) is 0 Å². The van der Waals surface area contributed by atoms with E-state index < -0.39 is 0 Å². The Morgan fingerprint density at radius 1 is 0.909 bits per heavy atom. The molecule has 0 unspecified atom stereocenters. The van der Waals surface area contributed by atoms with Gasteiger partial charge in [0.25, 0.3) is 0 Å². The van der Waals surface area contributed by atoms with Gasteiger partial charge in [-0.05, 0) is 30.5 Å². The first kappa shape index (κ1) is 16.6. The summed E-state index contributed by atoms with van der Waals surface area (Å²) >= 11 is 0. The number of aliphatic hydroxyl groups excluding tert-OH is 1. The number of nitrogens with one attached hydrogen (secondary N) is 1. The lowest BCUT2D eigenvalue weighted by atomic mass is 9.97. The minimum absolute atomic E-state index is 0.139. The first-order valence-electron chi connectivity index (χ1n) is 8.34. The molecular weight excluding hydrogens is 270 g/mol. The molecule has 2 nitrogen and oxygen atoms in total. The zero-order chi connectivity index (χ0) is 15.6. The molecule has 0 spiro atoms. The van der Waals surface area contributed by atoms with Crippen LogP contribution < -0.4 is 5.32 Å². The quantitative estimate of drug-likeness (QED) is 0.626. The second kappa shape index (κ2) is 9.26. The first-order valence-corrected chi connectivity index (χ1v) is 8.34. The lowest BCUT2D eigenvalue weighted by Crippen LogP contribution is -2.18. The third-order valence-electron chi connectivity index (χ3n) is 3.97. The third-order valence-corrected chi connectivity index (χ3v) is 3.97. The highest BCUT2D eigenvalue weighted by atomic mass is 16.3. The van der Waals surface area contributed by atoms with Gasteiger partial charge in [-0.25, -0.2) is 0 Å². The molecule has 0 fully saturated rings. The van der Waals surface area contributed by atoms with E-state index >= 15 is 0 Å². The maximum absolute atomic E-state index is 10.3. The van der Waals surface area contributed by atoms with E-state index in [0.717, 1.165) is 24.9 Å². The molecule has 0 aromatic heterocycles. The van der Waals surface area contributed by atoms with Crippen molar-refractivity contribution < 1.29 is 5.11 Å². The number of unbranched alkanes of at least 4 members (excludes halogenated alkanes) is 2. The lowest BCUT2D eigenvalue weighted by Gasteiger charge is -2.23. The van der Waals surface area contributed by atoms with Crippen molar-refractivity contribution in [3.05, 3.63) is 66.2 Å². The molecule has 2 atom stereocenters. The zero-order valence-electron chi connectivity index (χ0n) is 13.4. The van der Waals surface area contributed by atoms with Gasteiger partial charge in [-0.1, -0.05) is 74.7 Å². The summed E-state index contributed by atoms with van der Waals surface area (Å²) in [6, 6.07) is 20.7. The Bertz CT molecular complexity index is 512. The molecule has 2 aromatic rings. The summed E-state index contributed by atoms with van der Waals surface area (Å²) < 4.78 is 0. The van der Waals surface area contributed by atoms with Gasteiger partial charge in [-0.15, -0.1) is 0 Å². The summed E-state index contributed by atoms with van der Waals surface area (Å²) in [5, 5.41) is 13.9. The van der Waals surface area contributed by atoms with Gasteiger partial charge >= 0.3 is 0 Å². The number of para-hydroxylation sites is 1. The van der Waals surface area contributed by atoms with Gasteiger partial charge < -0.3 is 10.4 Å². The van der Waals surface area contributed by atoms with E-state index in [1.807, 2.05) is 24.3 Å². The Balaban J connectivity index is 2.02. The molecule has 0 saturated heterocycles. The molecule has 2 rings (SSSR count). The van der Waals surface area contributed by atoms with Crippen LogP contribution in [0.3, 0.4) is 0 Å². The largest absolute Gasteiger partial charge is 0.393 e. The molecule has 0 saturated carbocycles. The average molecular weight is 297 g/mol. The molecule has 2 heteroatoms. The summed E-state index contributed by atoms with van der Waals surface area (Å²) in [5.41, 5.74) is 2.32. The number of anilines is 1. The van der Waals surface area contributed by atoms with E-state index in [0.29, 0.717) is 0 Å². The molecule has 2 aromatic carbocycles. The van der Waals surface area contributed by atoms with Crippen LogP contribution in [-0.2, 0) is 0 Å². The SMILES string of the molecule is CCCCC[C@H](O)C[C@@H](Nc1ccccc1)c1ccccc1. The molecule has 0 aliphatic carbocycles. The molecule has 0 bridgehead atoms. The summed E-state index contributed by atoms with van der Waals surface area (Å²) in [4.78, 5) is 0. The van der Waals surface area contributed by atoms with Gasteiger partial charge in [0.05, 0.1) is 12.1 Å². The summed E-state index contributed by atoms with van der Waals surface area (Å²) in [6.45, 7) is 2.19. The molecular formula is C20H27NO. The highest BCUT2D eigenvalue weighted by Crippen LogP contribution is 2.25. The topological polar surface area (TPSA) is 32.3 Å². The molecule has 118 valence electrons. The standard InChI is InChI=1S/C20H27NO/c1-2-3-6-15-19(22)16-20(17-11-7-4-8-12-17)21-18-13-9-5-10-14-18/h4-5,7-14,19-22H,2-3,6,15-16H2,1H3/t19-,20+/m0/s1. The van der Waals surface area contributed by atoms with Gasteiger partial charge in [-0.3, -0.25) is 0 Å². The fraction of sp³-hybridized carbons (Fsp3) is 0.400. The predicted molar refractivity (Wildman–Crippen MR) is 94.0 cm³/mol. The van der Waals surface area contributed by atoms with Crippen LogP contribution in [0.4, 0.5) is 5.69 Å². The van der Waals surface area contributed by atoms with Crippen LogP contribution in [0.2, 0.25) is 0 Å². The van der Waals surface area contributed by atoms with Crippen LogP contribution in [0.15, 0.2) is 60.7 Å². The molecule has 0 radical (unpaired) electrons. The number of hydrogen-bond acceptors (Lipinski definition) is 2. The van der Waals surface area contributed by atoms with Crippen molar-refractivity contribution in [1.29, 1.82) is 0 Å². The normalized spacial score (nSPS) is 13.5. The van der Waals surface area contributed by atoms with Crippen LogP contribution in [0, 0.1) is 0 Å². The van der Waals surface area contributed by atoms with Gasteiger partial charge in [0.2, 0.25) is 0 Å². The van der Waals surface area contributed by atoms with Crippen LogP contribution in [0.1, 0.15) is 50.6 Å². The van der Waals surface area contributed by atoms with Gasteiger partial charge in [0, 0.05) is 5.69 Å². The van der Waals surface area contributed by atoms with Gasteiger partial charge in [0.15, 0.2) is 0 Å². The number of rotatable bonds is 9. The van der Waals surface area contributed by atoms with Crippen LogP contribution >= 0.6 is 0 Å². The summed E-state index contributed by atoms with van der Waals surface area (Å²) in [6.07, 6.45) is 4.85. The van der Waals surface area contributed by atoms with Crippen LogP contribution in [0.5, 0.6) is 0 Å². The average Bonchev–Trinajstić information content (AvgIpc) is 2.56. The highest BCUT2D eigenvalue weighted by molar-refractivity contribution is 5.45. The molecule has 0 heterocycles. The van der Waals surface area contributed by atoms with E-state index in [1.165, 1.54) is 18.4 Å². The van der Waals surface area contributed by atoms with E-state index in [9.17, 15) is 5.11 Å². The minimum Gasteiger partial charge on any atom is -0.393 e. The fourth-order valence-electron chi connectivity index (χ4n) is 2.72. The molecule has 0 aliphatic rings. The smallest absolute Gasteiger partial charge is 0.0563 e. The Hall–Kier alpha value is -1.80. The number of aliphatic hydroxyl groups is 1. The Kier molecular flexibility index (Phi) is 6.98. The first-order chi connectivity index (χ1) is 10.8. The monoisotopic (exact) mass is 297 g/mol. The minimum atomic E-state index is -0.257. The lowest BCUT2D eigenvalue weighted by molar-refractivity contribution is 0.145. The second-order valence-corrected chi connectivity index (χ2v) is 5.86. The van der Waals surface area contributed by atoms with Gasteiger partial charge in [0.1, 0.15) is 0 Å². The molecule has 22 heavy (non-hydrogen) atoms. The van der Waals surface area contributed by atoms with Crippen molar-refractivity contribution in [2.75, 3.05) is 5.32 Å². The maximum atomic E-state index is 10.3. The zero-order valence-corrected chi connectivity index (χ0v) is 13.4. The van der Waals surface area contributed by atoms with Crippen LogP contribution in [-0.4, -0.2) is 11.2 Å². The van der Waals surface area contributed by atoms with Gasteiger partial charge in [-0.2, -0.15) is 0 Å². The predicted octanol–water partition coefficient (Wildman–Crippen LogP) is 5.17. The van der Waals surface area contributed by atoms with E-state index in [-0.39, 0.29) is 12.1 Å². The third kappa shape index (κ3) is 5.53. The Morgan fingerprint density at radius 3 is 2.18 bits per heavy atom. The van der Waals surface area contributed by atoms with Crippen molar-refractivity contribution in [3.63, 3.8) is 0 Å². The van der Waals surface area contributed by atoms with E-state index in [2.05, 4.69) is 48.6 Å². The van der Waals surface area contributed by atoms with Crippen LogP contribution in [0.25, 0.3) is 0 Å². The Labute approximate surface area is 134 Å². The Morgan fingerprint density at radius 2 is 1.55 bits per heavy atom. The fourth-order valence-corrected chi connectivity index (χ4v) is 2.72.